The number of halogens is 1. The summed E-state index contributed by atoms with van der Waals surface area (Å²) >= 11 is 6.43. The Kier molecular flexibility index (Phi) is 9.11. The second-order valence-electron chi connectivity index (χ2n) is 13.7. The fraction of sp³-hybridized carbons (Fsp3) is 0.514. The van der Waals surface area contributed by atoms with Crippen LogP contribution in [0.25, 0.3) is 10.9 Å². The van der Waals surface area contributed by atoms with Gasteiger partial charge in [-0.3, -0.25) is 19.2 Å². The van der Waals surface area contributed by atoms with Crippen molar-refractivity contribution in [2.24, 2.45) is 11.8 Å². The summed E-state index contributed by atoms with van der Waals surface area (Å²) in [6.45, 7) is 4.59. The van der Waals surface area contributed by atoms with Crippen LogP contribution in [0.15, 0.2) is 52.7 Å². The van der Waals surface area contributed by atoms with Gasteiger partial charge in [-0.05, 0) is 87.3 Å². The van der Waals surface area contributed by atoms with E-state index in [0.29, 0.717) is 57.1 Å². The predicted octanol–water partition coefficient (Wildman–Crippen LogP) is 5.42. The standard InChI is InChI=1S/C37H44ClN5O5/c1-2-37-29(35(46)41-16-18-42(19-17-41)36(47)31-9-6-20-48-31)21-25(22-32(44)39-14-12-24-7-4-3-5-8-24)34(45)43(37)15-13-27-28-23-26(38)10-11-30(28)40-33(27)37/h6-7,9-11,20,23,25,29,40H,2-5,8,12-19,21-22H2,1H3,(H,39,44)/t25-,29-,37+/m1/s1. The van der Waals surface area contributed by atoms with E-state index in [1.54, 1.807) is 17.0 Å². The number of H-pyrrole nitrogens is 1. The van der Waals surface area contributed by atoms with Crippen LogP contribution >= 0.6 is 11.6 Å². The van der Waals surface area contributed by atoms with Crippen molar-refractivity contribution in [3.8, 4) is 0 Å². The molecule has 3 aliphatic heterocycles. The number of nitrogens with one attached hydrogen (secondary N) is 2. The van der Waals surface area contributed by atoms with Crippen LogP contribution in [0.4, 0.5) is 0 Å². The van der Waals surface area contributed by atoms with E-state index in [0.717, 1.165) is 41.4 Å². The van der Waals surface area contributed by atoms with Crippen LogP contribution in [0.5, 0.6) is 0 Å². The molecular formula is C37H44ClN5O5. The van der Waals surface area contributed by atoms with Crippen LogP contribution in [-0.2, 0) is 26.3 Å². The minimum atomic E-state index is -0.894. The molecule has 2 fully saturated rings. The van der Waals surface area contributed by atoms with Crippen molar-refractivity contribution >= 4 is 46.1 Å². The Morgan fingerprint density at radius 1 is 1.06 bits per heavy atom. The molecule has 4 amide bonds. The number of carbonyl (C=O) groups is 4. The average molecular weight is 674 g/mol. The van der Waals surface area contributed by atoms with Crippen LogP contribution in [0, 0.1) is 11.8 Å². The lowest BCUT2D eigenvalue weighted by molar-refractivity contribution is -0.167. The van der Waals surface area contributed by atoms with Crippen LogP contribution in [-0.4, -0.2) is 82.6 Å². The number of rotatable bonds is 8. The number of aromatic nitrogens is 1. The highest BCUT2D eigenvalue weighted by molar-refractivity contribution is 6.31. The van der Waals surface area contributed by atoms with E-state index in [2.05, 4.69) is 16.4 Å². The molecule has 11 heteroatoms. The minimum absolute atomic E-state index is 0.0429. The number of piperazine rings is 1. The predicted molar refractivity (Wildman–Crippen MR) is 182 cm³/mol. The number of piperidine rings is 1. The lowest BCUT2D eigenvalue weighted by atomic mass is 9.65. The Labute approximate surface area is 285 Å². The molecule has 3 aromatic rings. The number of carbonyl (C=O) groups excluding carboxylic acids is 4. The maximum atomic E-state index is 14.8. The summed E-state index contributed by atoms with van der Waals surface area (Å²) in [7, 11) is 0. The molecule has 0 bridgehead atoms. The number of fused-ring (bicyclic) bond motifs is 5. The monoisotopic (exact) mass is 673 g/mol. The highest BCUT2D eigenvalue weighted by Gasteiger charge is 2.59. The van der Waals surface area contributed by atoms with Crippen molar-refractivity contribution < 1.29 is 23.6 Å². The number of aromatic amines is 1. The normalized spacial score (nSPS) is 24.2. The Hall–Kier alpha value is -4.05. The van der Waals surface area contributed by atoms with Gasteiger partial charge in [-0.25, -0.2) is 0 Å². The van der Waals surface area contributed by atoms with Gasteiger partial charge in [-0.2, -0.15) is 0 Å². The van der Waals surface area contributed by atoms with Gasteiger partial charge in [0.05, 0.1) is 17.7 Å². The second kappa shape index (κ2) is 13.5. The molecule has 1 aromatic carbocycles. The van der Waals surface area contributed by atoms with Gasteiger partial charge in [-0.15, -0.1) is 0 Å². The lowest BCUT2D eigenvalue weighted by Crippen LogP contribution is -2.66. The Morgan fingerprint density at radius 3 is 2.60 bits per heavy atom. The Balaban J connectivity index is 1.16. The third-order valence-corrected chi connectivity index (χ3v) is 11.3. The summed E-state index contributed by atoms with van der Waals surface area (Å²) in [6, 6.07) is 9.10. The van der Waals surface area contributed by atoms with E-state index in [9.17, 15) is 19.2 Å². The van der Waals surface area contributed by atoms with E-state index < -0.39 is 17.4 Å². The first-order valence-electron chi connectivity index (χ1n) is 17.5. The number of hydrogen-bond acceptors (Lipinski definition) is 5. The van der Waals surface area contributed by atoms with E-state index in [-0.39, 0.29) is 42.2 Å². The van der Waals surface area contributed by atoms with E-state index in [4.69, 9.17) is 16.0 Å². The van der Waals surface area contributed by atoms with E-state index in [1.807, 2.05) is 34.9 Å². The van der Waals surface area contributed by atoms with Crippen LogP contribution in [0.2, 0.25) is 5.02 Å². The molecule has 2 N–H and O–H groups in total. The molecule has 3 atom stereocenters. The number of benzene rings is 1. The molecule has 4 aliphatic rings. The molecule has 48 heavy (non-hydrogen) atoms. The zero-order valence-electron chi connectivity index (χ0n) is 27.6. The maximum Gasteiger partial charge on any atom is 0.289 e. The molecule has 0 spiro atoms. The summed E-state index contributed by atoms with van der Waals surface area (Å²) in [5.41, 5.74) is 3.42. The second-order valence-corrected chi connectivity index (χ2v) is 14.1. The van der Waals surface area contributed by atoms with Gasteiger partial charge in [0.2, 0.25) is 17.7 Å². The van der Waals surface area contributed by atoms with Crippen molar-refractivity contribution in [2.45, 2.75) is 70.3 Å². The lowest BCUT2D eigenvalue weighted by Gasteiger charge is -2.56. The first kappa shape index (κ1) is 32.5. The summed E-state index contributed by atoms with van der Waals surface area (Å²) in [5.74, 6) is -1.34. The molecule has 2 aromatic heterocycles. The molecule has 254 valence electrons. The fourth-order valence-electron chi connectivity index (χ4n) is 8.66. The highest BCUT2D eigenvalue weighted by atomic mass is 35.5. The summed E-state index contributed by atoms with van der Waals surface area (Å²) in [4.78, 5) is 64.4. The van der Waals surface area contributed by atoms with Gasteiger partial charge in [0, 0.05) is 73.2 Å². The van der Waals surface area contributed by atoms with Crippen molar-refractivity contribution in [1.29, 1.82) is 0 Å². The van der Waals surface area contributed by atoms with Gasteiger partial charge < -0.3 is 29.4 Å². The van der Waals surface area contributed by atoms with Crippen molar-refractivity contribution in [3.05, 3.63) is 70.3 Å². The van der Waals surface area contributed by atoms with Gasteiger partial charge in [0.1, 0.15) is 0 Å². The van der Waals surface area contributed by atoms with Crippen molar-refractivity contribution in [3.63, 3.8) is 0 Å². The first-order chi connectivity index (χ1) is 23.3. The number of amides is 4. The molecular weight excluding hydrogens is 630 g/mol. The van der Waals surface area contributed by atoms with E-state index in [1.165, 1.54) is 24.7 Å². The zero-order chi connectivity index (χ0) is 33.4. The van der Waals surface area contributed by atoms with Gasteiger partial charge in [0.15, 0.2) is 5.76 Å². The molecule has 0 unspecified atom stereocenters. The van der Waals surface area contributed by atoms with Gasteiger partial charge >= 0.3 is 0 Å². The zero-order valence-corrected chi connectivity index (χ0v) is 28.3. The van der Waals surface area contributed by atoms with E-state index >= 15 is 0 Å². The molecule has 1 aliphatic carbocycles. The van der Waals surface area contributed by atoms with Crippen molar-refractivity contribution in [1.82, 2.24) is 25.0 Å². The number of allylic oxidation sites excluding steroid dienone is 1. The smallest absolute Gasteiger partial charge is 0.289 e. The molecule has 5 heterocycles. The maximum absolute atomic E-state index is 14.8. The largest absolute Gasteiger partial charge is 0.459 e. The Morgan fingerprint density at radius 2 is 1.88 bits per heavy atom. The van der Waals surface area contributed by atoms with Crippen LogP contribution < -0.4 is 5.32 Å². The summed E-state index contributed by atoms with van der Waals surface area (Å²) in [5, 5.41) is 4.71. The molecule has 2 saturated heterocycles. The van der Waals surface area contributed by atoms with Crippen LogP contribution in [0.3, 0.4) is 0 Å². The topological polar surface area (TPSA) is 119 Å². The Bertz CT molecular complexity index is 1740. The van der Waals surface area contributed by atoms with Crippen molar-refractivity contribution in [2.75, 3.05) is 39.3 Å². The fourth-order valence-corrected chi connectivity index (χ4v) is 8.84. The third kappa shape index (κ3) is 5.82. The SMILES string of the molecule is CC[C@]12c3[nH]c4ccc(Cl)cc4c3CCN1C(=O)[C@@H](CC(=O)NCCC1=CCCCC1)C[C@@H]2C(=O)N1CCN(C(=O)c2ccco2)CC1. The number of nitrogens with zero attached hydrogens (tertiary/aromatic N) is 3. The first-order valence-corrected chi connectivity index (χ1v) is 17.9. The van der Waals surface area contributed by atoms with Gasteiger partial charge in [0.25, 0.3) is 5.91 Å². The molecule has 10 nitrogen and oxygen atoms in total. The van der Waals surface area contributed by atoms with Crippen LogP contribution in [0.1, 0.15) is 80.1 Å². The number of hydrogen-bond donors (Lipinski definition) is 2. The quantitative estimate of drug-likeness (QED) is 0.310. The molecule has 0 saturated carbocycles. The molecule has 0 radical (unpaired) electrons. The third-order valence-electron chi connectivity index (χ3n) is 11.1. The molecule has 7 rings (SSSR count). The summed E-state index contributed by atoms with van der Waals surface area (Å²) < 4.78 is 5.32. The number of furan rings is 1. The highest BCUT2D eigenvalue weighted by Crippen LogP contribution is 2.52. The minimum Gasteiger partial charge on any atom is -0.459 e. The average Bonchev–Trinajstić information content (AvgIpc) is 3.78. The summed E-state index contributed by atoms with van der Waals surface area (Å²) in [6.07, 6.45) is 10.7. The van der Waals surface area contributed by atoms with Gasteiger partial charge in [-0.1, -0.05) is 30.2 Å².